The summed E-state index contributed by atoms with van der Waals surface area (Å²) in [6.07, 6.45) is 2.87. The molecule has 0 radical (unpaired) electrons. The van der Waals surface area contributed by atoms with E-state index in [9.17, 15) is 14.9 Å². The van der Waals surface area contributed by atoms with Crippen molar-refractivity contribution < 1.29 is 9.72 Å². The molecule has 0 aromatic heterocycles. The van der Waals surface area contributed by atoms with Crippen LogP contribution >= 0.6 is 0 Å². The average molecular weight is 372 g/mol. The molecule has 0 fully saturated rings. The van der Waals surface area contributed by atoms with Gasteiger partial charge in [0, 0.05) is 17.8 Å². The molecule has 5 nitrogen and oxygen atoms in total. The molecule has 140 valence electrons. The van der Waals surface area contributed by atoms with Crippen LogP contribution in [0.15, 0.2) is 84.9 Å². The minimum Gasteiger partial charge on any atom is -0.304 e. The number of nitro groups is 1. The van der Waals surface area contributed by atoms with Crippen LogP contribution in [-0.4, -0.2) is 10.8 Å². The summed E-state index contributed by atoms with van der Waals surface area (Å²) in [6, 6.07) is 23.7. The minimum atomic E-state index is -0.453. The van der Waals surface area contributed by atoms with Gasteiger partial charge in [0.25, 0.3) is 11.6 Å². The largest absolute Gasteiger partial charge is 0.304 e. The topological polar surface area (TPSA) is 63.5 Å². The standard InChI is InChI=1S/C23H20N2O3/c1-18-11-14-21(15-12-18)24(17-19-7-3-2-4-8-19)23(26)16-13-20-9-5-6-10-22(20)25(27)28/h2-16H,17H2,1H3/b16-13+. The lowest BCUT2D eigenvalue weighted by Crippen LogP contribution is -2.28. The van der Waals surface area contributed by atoms with Gasteiger partial charge in [-0.1, -0.05) is 60.2 Å². The van der Waals surface area contributed by atoms with Gasteiger partial charge in [0.2, 0.25) is 0 Å². The fourth-order valence-corrected chi connectivity index (χ4v) is 2.83. The summed E-state index contributed by atoms with van der Waals surface area (Å²) in [5.41, 5.74) is 3.23. The fourth-order valence-electron chi connectivity index (χ4n) is 2.83. The second-order valence-electron chi connectivity index (χ2n) is 6.39. The Labute approximate surface area is 163 Å². The lowest BCUT2D eigenvalue weighted by Gasteiger charge is -2.22. The van der Waals surface area contributed by atoms with Crippen LogP contribution < -0.4 is 4.90 Å². The Morgan fingerprint density at radius 3 is 2.29 bits per heavy atom. The number of amides is 1. The first-order valence-electron chi connectivity index (χ1n) is 8.88. The molecule has 3 aromatic rings. The third-order valence-corrected chi connectivity index (χ3v) is 4.33. The van der Waals surface area contributed by atoms with Crippen LogP contribution in [0.5, 0.6) is 0 Å². The molecule has 0 atom stereocenters. The van der Waals surface area contributed by atoms with E-state index in [1.165, 1.54) is 18.2 Å². The van der Waals surface area contributed by atoms with Crippen LogP contribution in [-0.2, 0) is 11.3 Å². The van der Waals surface area contributed by atoms with E-state index in [-0.39, 0.29) is 11.6 Å². The van der Waals surface area contributed by atoms with Crippen molar-refractivity contribution in [1.29, 1.82) is 0 Å². The Kier molecular flexibility index (Phi) is 5.97. The molecule has 0 aliphatic heterocycles. The van der Waals surface area contributed by atoms with Crippen molar-refractivity contribution in [3.8, 4) is 0 Å². The molecular weight excluding hydrogens is 352 g/mol. The van der Waals surface area contributed by atoms with Crippen LogP contribution in [0.25, 0.3) is 6.08 Å². The molecule has 28 heavy (non-hydrogen) atoms. The van der Waals surface area contributed by atoms with Crippen LogP contribution in [0, 0.1) is 17.0 Å². The van der Waals surface area contributed by atoms with E-state index in [0.29, 0.717) is 12.1 Å². The molecule has 0 saturated carbocycles. The highest BCUT2D eigenvalue weighted by Gasteiger charge is 2.15. The van der Waals surface area contributed by atoms with Crippen molar-refractivity contribution in [1.82, 2.24) is 0 Å². The lowest BCUT2D eigenvalue weighted by atomic mass is 10.1. The number of hydrogen-bond acceptors (Lipinski definition) is 3. The molecule has 0 bridgehead atoms. The van der Waals surface area contributed by atoms with Crippen molar-refractivity contribution in [3.63, 3.8) is 0 Å². The van der Waals surface area contributed by atoms with Gasteiger partial charge in [0.15, 0.2) is 0 Å². The van der Waals surface area contributed by atoms with Crippen LogP contribution in [0.4, 0.5) is 11.4 Å². The van der Waals surface area contributed by atoms with Crippen molar-refractivity contribution in [2.75, 3.05) is 4.90 Å². The van der Waals surface area contributed by atoms with Crippen molar-refractivity contribution in [3.05, 3.63) is 112 Å². The molecular formula is C23H20N2O3. The first-order valence-corrected chi connectivity index (χ1v) is 8.88. The molecule has 0 spiro atoms. The summed E-state index contributed by atoms with van der Waals surface area (Å²) in [4.78, 5) is 25.3. The van der Waals surface area contributed by atoms with E-state index in [1.54, 1.807) is 23.1 Å². The Balaban J connectivity index is 1.90. The van der Waals surface area contributed by atoms with Gasteiger partial charge < -0.3 is 4.90 Å². The highest BCUT2D eigenvalue weighted by Crippen LogP contribution is 2.21. The number of nitrogens with zero attached hydrogens (tertiary/aromatic N) is 2. The Morgan fingerprint density at radius 2 is 1.61 bits per heavy atom. The zero-order valence-electron chi connectivity index (χ0n) is 15.5. The van der Waals surface area contributed by atoms with Crippen molar-refractivity contribution in [2.24, 2.45) is 0 Å². The predicted molar refractivity (Wildman–Crippen MR) is 111 cm³/mol. The molecule has 1 amide bonds. The Hall–Kier alpha value is -3.73. The summed E-state index contributed by atoms with van der Waals surface area (Å²) < 4.78 is 0. The van der Waals surface area contributed by atoms with E-state index >= 15 is 0 Å². The minimum absolute atomic E-state index is 0.0310. The van der Waals surface area contributed by atoms with Crippen molar-refractivity contribution in [2.45, 2.75) is 13.5 Å². The maximum atomic E-state index is 13.0. The van der Waals surface area contributed by atoms with Gasteiger partial charge in [-0.05, 0) is 36.8 Å². The summed E-state index contributed by atoms with van der Waals surface area (Å²) in [7, 11) is 0. The average Bonchev–Trinajstić information content (AvgIpc) is 2.72. The summed E-state index contributed by atoms with van der Waals surface area (Å²) in [5.74, 6) is -0.245. The lowest BCUT2D eigenvalue weighted by molar-refractivity contribution is -0.385. The van der Waals surface area contributed by atoms with Gasteiger partial charge in [-0.2, -0.15) is 0 Å². The zero-order chi connectivity index (χ0) is 19.9. The number of aryl methyl sites for hydroxylation is 1. The van der Waals surface area contributed by atoms with E-state index in [2.05, 4.69) is 0 Å². The van der Waals surface area contributed by atoms with Gasteiger partial charge in [-0.15, -0.1) is 0 Å². The van der Waals surface area contributed by atoms with Crippen molar-refractivity contribution >= 4 is 23.4 Å². The maximum Gasteiger partial charge on any atom is 0.276 e. The number of benzene rings is 3. The maximum absolute atomic E-state index is 13.0. The number of carbonyl (C=O) groups excluding carboxylic acids is 1. The second-order valence-corrected chi connectivity index (χ2v) is 6.39. The van der Waals surface area contributed by atoms with Gasteiger partial charge in [-0.25, -0.2) is 0 Å². The summed E-state index contributed by atoms with van der Waals surface area (Å²) in [5, 5.41) is 11.2. The highest BCUT2D eigenvalue weighted by molar-refractivity contribution is 6.04. The first-order chi connectivity index (χ1) is 13.5. The third kappa shape index (κ3) is 4.71. The van der Waals surface area contributed by atoms with E-state index < -0.39 is 4.92 Å². The van der Waals surface area contributed by atoms with Gasteiger partial charge in [0.05, 0.1) is 17.0 Å². The fraction of sp³-hybridized carbons (Fsp3) is 0.0870. The van der Waals surface area contributed by atoms with Gasteiger partial charge in [0.1, 0.15) is 0 Å². The second kappa shape index (κ2) is 8.77. The normalized spacial score (nSPS) is 10.8. The van der Waals surface area contributed by atoms with E-state index in [4.69, 9.17) is 0 Å². The number of rotatable bonds is 6. The third-order valence-electron chi connectivity index (χ3n) is 4.33. The molecule has 0 unspecified atom stereocenters. The van der Waals surface area contributed by atoms with Crippen LogP contribution in [0.1, 0.15) is 16.7 Å². The van der Waals surface area contributed by atoms with Crippen LogP contribution in [0.3, 0.4) is 0 Å². The number of nitro benzene ring substituents is 1. The molecule has 0 aliphatic rings. The van der Waals surface area contributed by atoms with Crippen LogP contribution in [0.2, 0.25) is 0 Å². The van der Waals surface area contributed by atoms with Gasteiger partial charge in [-0.3, -0.25) is 14.9 Å². The molecule has 0 N–H and O–H groups in total. The number of hydrogen-bond donors (Lipinski definition) is 0. The molecule has 0 aliphatic carbocycles. The first kappa shape index (κ1) is 19.0. The zero-order valence-corrected chi connectivity index (χ0v) is 15.5. The highest BCUT2D eigenvalue weighted by atomic mass is 16.6. The molecule has 0 heterocycles. The number of carbonyl (C=O) groups is 1. The molecule has 3 rings (SSSR count). The molecule has 5 heteroatoms. The Morgan fingerprint density at radius 1 is 0.964 bits per heavy atom. The number of para-hydroxylation sites is 1. The van der Waals surface area contributed by atoms with E-state index in [1.807, 2.05) is 61.5 Å². The predicted octanol–water partition coefficient (Wildman–Crippen LogP) is 5.15. The smallest absolute Gasteiger partial charge is 0.276 e. The summed E-state index contributed by atoms with van der Waals surface area (Å²) >= 11 is 0. The van der Waals surface area contributed by atoms with E-state index in [0.717, 1.165) is 16.8 Å². The SMILES string of the molecule is Cc1ccc(N(Cc2ccccc2)C(=O)/C=C/c2ccccc2[N+](=O)[O-])cc1. The number of anilines is 1. The monoisotopic (exact) mass is 372 g/mol. The summed E-state index contributed by atoms with van der Waals surface area (Å²) in [6.45, 7) is 2.39. The quantitative estimate of drug-likeness (QED) is 0.341. The Bertz CT molecular complexity index is 996. The molecule has 3 aromatic carbocycles. The van der Waals surface area contributed by atoms with Gasteiger partial charge >= 0.3 is 0 Å². The molecule has 0 saturated heterocycles.